The number of aromatic nitrogens is 5. The van der Waals surface area contributed by atoms with Crippen LogP contribution in [0.15, 0.2) is 18.5 Å². The van der Waals surface area contributed by atoms with Crippen molar-refractivity contribution in [1.82, 2.24) is 29.7 Å². The van der Waals surface area contributed by atoms with Crippen molar-refractivity contribution in [2.75, 3.05) is 13.1 Å². The van der Waals surface area contributed by atoms with E-state index in [1.54, 1.807) is 10.9 Å². The standard InChI is InChI=1S/C14H18N6O2/c1-10-2-5-19(16-10)8-14(21)18-4-3-13-12(7-18)20-11(9-22-13)6-15-17-20/h2,5-6,12-13H,3-4,7-9H2,1H3/t12-,13-/m0/s1. The quantitative estimate of drug-likeness (QED) is 0.789. The fourth-order valence-electron chi connectivity index (χ4n) is 3.20. The van der Waals surface area contributed by atoms with Gasteiger partial charge in [-0.2, -0.15) is 5.10 Å². The molecule has 0 saturated carbocycles. The van der Waals surface area contributed by atoms with Crippen molar-refractivity contribution in [3.05, 3.63) is 29.8 Å². The molecule has 0 N–H and O–H groups in total. The van der Waals surface area contributed by atoms with E-state index in [9.17, 15) is 4.79 Å². The summed E-state index contributed by atoms with van der Waals surface area (Å²) in [7, 11) is 0. The zero-order valence-corrected chi connectivity index (χ0v) is 12.4. The van der Waals surface area contributed by atoms with Crippen LogP contribution in [0, 0.1) is 6.92 Å². The van der Waals surface area contributed by atoms with Gasteiger partial charge in [0.25, 0.3) is 0 Å². The van der Waals surface area contributed by atoms with E-state index in [1.807, 2.05) is 28.8 Å². The zero-order valence-electron chi connectivity index (χ0n) is 12.4. The molecule has 4 heterocycles. The van der Waals surface area contributed by atoms with Crippen LogP contribution in [0.4, 0.5) is 0 Å². The van der Waals surface area contributed by atoms with Crippen molar-refractivity contribution in [3.63, 3.8) is 0 Å². The Morgan fingerprint density at radius 1 is 1.50 bits per heavy atom. The minimum atomic E-state index is 0.0586. The molecule has 2 aliphatic heterocycles. The molecule has 1 saturated heterocycles. The lowest BCUT2D eigenvalue weighted by molar-refractivity contribution is -0.138. The number of hydrogen-bond donors (Lipinski definition) is 0. The number of amides is 1. The van der Waals surface area contributed by atoms with E-state index in [-0.39, 0.29) is 24.6 Å². The van der Waals surface area contributed by atoms with Gasteiger partial charge in [0.1, 0.15) is 6.54 Å². The van der Waals surface area contributed by atoms with Gasteiger partial charge in [0.05, 0.1) is 36.3 Å². The number of rotatable bonds is 2. The first kappa shape index (κ1) is 13.4. The maximum Gasteiger partial charge on any atom is 0.244 e. The summed E-state index contributed by atoms with van der Waals surface area (Å²) in [6.45, 7) is 4.06. The Morgan fingerprint density at radius 2 is 2.41 bits per heavy atom. The van der Waals surface area contributed by atoms with Gasteiger partial charge in [-0.1, -0.05) is 5.21 Å². The second kappa shape index (κ2) is 5.20. The number of ether oxygens (including phenoxy) is 1. The molecule has 1 fully saturated rings. The van der Waals surface area contributed by atoms with Crippen molar-refractivity contribution in [2.24, 2.45) is 0 Å². The summed E-state index contributed by atoms with van der Waals surface area (Å²) in [5, 5.41) is 12.4. The van der Waals surface area contributed by atoms with Crippen LogP contribution in [0.3, 0.4) is 0 Å². The fourth-order valence-corrected chi connectivity index (χ4v) is 3.20. The van der Waals surface area contributed by atoms with Gasteiger partial charge in [-0.25, -0.2) is 4.68 Å². The van der Waals surface area contributed by atoms with E-state index in [0.717, 1.165) is 17.8 Å². The average Bonchev–Trinajstić information content (AvgIpc) is 3.15. The highest BCUT2D eigenvalue weighted by Crippen LogP contribution is 2.30. The molecule has 0 radical (unpaired) electrons. The molecule has 4 rings (SSSR count). The first-order chi connectivity index (χ1) is 10.7. The van der Waals surface area contributed by atoms with Gasteiger partial charge < -0.3 is 9.64 Å². The fraction of sp³-hybridized carbons (Fsp3) is 0.571. The zero-order chi connectivity index (χ0) is 15.1. The highest BCUT2D eigenvalue weighted by Gasteiger charge is 2.37. The smallest absolute Gasteiger partial charge is 0.244 e. The van der Waals surface area contributed by atoms with Crippen LogP contribution < -0.4 is 0 Å². The van der Waals surface area contributed by atoms with Gasteiger partial charge in [-0.05, 0) is 19.4 Å². The number of nitrogens with zero attached hydrogens (tertiary/aromatic N) is 6. The highest BCUT2D eigenvalue weighted by molar-refractivity contribution is 5.76. The molecule has 1 amide bonds. The molecule has 0 bridgehead atoms. The van der Waals surface area contributed by atoms with E-state index in [2.05, 4.69) is 15.4 Å². The van der Waals surface area contributed by atoms with Crippen LogP contribution in [-0.4, -0.2) is 54.8 Å². The lowest BCUT2D eigenvalue weighted by atomic mass is 10.0. The van der Waals surface area contributed by atoms with Crippen molar-refractivity contribution in [1.29, 1.82) is 0 Å². The largest absolute Gasteiger partial charge is 0.370 e. The van der Waals surface area contributed by atoms with E-state index in [1.165, 1.54) is 0 Å². The molecule has 8 nitrogen and oxygen atoms in total. The van der Waals surface area contributed by atoms with Crippen molar-refractivity contribution >= 4 is 5.91 Å². The van der Waals surface area contributed by atoms with Gasteiger partial charge in [-0.15, -0.1) is 5.10 Å². The molecule has 0 unspecified atom stereocenters. The molecule has 2 aromatic heterocycles. The molecule has 0 aliphatic carbocycles. The summed E-state index contributed by atoms with van der Waals surface area (Å²) in [5.74, 6) is 0.0776. The Balaban J connectivity index is 1.48. The van der Waals surface area contributed by atoms with E-state index >= 15 is 0 Å². The lowest BCUT2D eigenvalue weighted by Gasteiger charge is -2.41. The van der Waals surface area contributed by atoms with Gasteiger partial charge >= 0.3 is 0 Å². The minimum absolute atomic E-state index is 0.0586. The number of aryl methyl sites for hydroxylation is 1. The Kier molecular flexibility index (Phi) is 3.18. The summed E-state index contributed by atoms with van der Waals surface area (Å²) in [5.41, 5.74) is 1.89. The topological polar surface area (TPSA) is 78.1 Å². The number of likely N-dealkylation sites (tertiary alicyclic amines) is 1. The normalized spacial score (nSPS) is 24.0. The number of carbonyl (C=O) groups is 1. The SMILES string of the molecule is Cc1ccn(CC(=O)N2CC[C@@H]3OCc4cnnn4[C@H]3C2)n1. The molecule has 22 heavy (non-hydrogen) atoms. The summed E-state index contributed by atoms with van der Waals surface area (Å²) < 4.78 is 9.45. The third-order valence-corrected chi connectivity index (χ3v) is 4.35. The molecule has 2 aromatic rings. The molecule has 8 heteroatoms. The van der Waals surface area contributed by atoms with Gasteiger partial charge in [0.15, 0.2) is 0 Å². The number of carbonyl (C=O) groups excluding carboxylic acids is 1. The van der Waals surface area contributed by atoms with Crippen LogP contribution >= 0.6 is 0 Å². The van der Waals surface area contributed by atoms with Crippen LogP contribution in [0.5, 0.6) is 0 Å². The van der Waals surface area contributed by atoms with Crippen molar-refractivity contribution < 1.29 is 9.53 Å². The van der Waals surface area contributed by atoms with Crippen molar-refractivity contribution in [3.8, 4) is 0 Å². The van der Waals surface area contributed by atoms with Crippen LogP contribution in [0.25, 0.3) is 0 Å². The van der Waals surface area contributed by atoms with Gasteiger partial charge in [0.2, 0.25) is 5.91 Å². The number of piperidine rings is 1. The Labute approximate surface area is 127 Å². The lowest BCUT2D eigenvalue weighted by Crippen LogP contribution is -2.50. The molecule has 116 valence electrons. The number of fused-ring (bicyclic) bond motifs is 3. The minimum Gasteiger partial charge on any atom is -0.370 e. The van der Waals surface area contributed by atoms with E-state index < -0.39 is 0 Å². The molecular weight excluding hydrogens is 284 g/mol. The third kappa shape index (κ3) is 2.29. The summed E-state index contributed by atoms with van der Waals surface area (Å²) in [6.07, 6.45) is 4.50. The van der Waals surface area contributed by atoms with E-state index in [4.69, 9.17) is 4.74 Å². The van der Waals surface area contributed by atoms with E-state index in [0.29, 0.717) is 19.7 Å². The monoisotopic (exact) mass is 302 g/mol. The molecule has 2 aliphatic rings. The van der Waals surface area contributed by atoms with Gasteiger partial charge in [0, 0.05) is 19.3 Å². The summed E-state index contributed by atoms with van der Waals surface area (Å²) in [4.78, 5) is 14.4. The predicted molar refractivity (Wildman–Crippen MR) is 75.8 cm³/mol. The van der Waals surface area contributed by atoms with Crippen LogP contribution in [-0.2, 0) is 22.7 Å². The summed E-state index contributed by atoms with van der Waals surface area (Å²) >= 11 is 0. The maximum atomic E-state index is 12.5. The maximum absolute atomic E-state index is 12.5. The average molecular weight is 302 g/mol. The van der Waals surface area contributed by atoms with Crippen LogP contribution in [0.1, 0.15) is 23.9 Å². The molecular formula is C14H18N6O2. The Morgan fingerprint density at radius 3 is 3.23 bits per heavy atom. The molecule has 2 atom stereocenters. The summed E-state index contributed by atoms with van der Waals surface area (Å²) in [6, 6.07) is 1.96. The first-order valence-corrected chi connectivity index (χ1v) is 7.49. The second-order valence-electron chi connectivity index (χ2n) is 5.87. The molecule has 0 spiro atoms. The van der Waals surface area contributed by atoms with Crippen LogP contribution in [0.2, 0.25) is 0 Å². The van der Waals surface area contributed by atoms with Crippen molar-refractivity contribution in [2.45, 2.75) is 38.6 Å². The van der Waals surface area contributed by atoms with Gasteiger partial charge in [-0.3, -0.25) is 9.48 Å². The third-order valence-electron chi connectivity index (χ3n) is 4.35. The Bertz CT molecular complexity index is 693. The first-order valence-electron chi connectivity index (χ1n) is 7.49. The molecule has 0 aromatic carbocycles. The Hall–Kier alpha value is -2.22. The predicted octanol–water partition coefficient (Wildman–Crippen LogP) is 0.155. The highest BCUT2D eigenvalue weighted by atomic mass is 16.5. The number of hydrogen-bond acceptors (Lipinski definition) is 5. The second-order valence-corrected chi connectivity index (χ2v) is 5.87.